The van der Waals surface area contributed by atoms with Crippen LogP contribution in [0.3, 0.4) is 0 Å². The Morgan fingerprint density at radius 2 is 2.16 bits per heavy atom. The van der Waals surface area contributed by atoms with Crippen molar-refractivity contribution in [3.8, 4) is 0 Å². The van der Waals surface area contributed by atoms with E-state index in [4.69, 9.17) is 0 Å². The number of aliphatic hydroxyl groups excluding tert-OH is 1. The fourth-order valence-electron chi connectivity index (χ4n) is 3.29. The van der Waals surface area contributed by atoms with Gasteiger partial charge in [-0.3, -0.25) is 0 Å². The highest BCUT2D eigenvalue weighted by Crippen LogP contribution is 2.27. The van der Waals surface area contributed by atoms with Gasteiger partial charge in [-0.25, -0.2) is 14.8 Å². The van der Waals surface area contributed by atoms with E-state index in [0.29, 0.717) is 18.8 Å². The maximum Gasteiger partial charge on any atom is 0.317 e. The monoisotopic (exact) mass is 340 g/mol. The number of carbonyl (C=O) groups excluding carboxylic acids is 1. The van der Waals surface area contributed by atoms with E-state index in [1.807, 2.05) is 42.2 Å². The van der Waals surface area contributed by atoms with Gasteiger partial charge < -0.3 is 15.3 Å². The van der Waals surface area contributed by atoms with Gasteiger partial charge in [-0.2, -0.15) is 0 Å². The van der Waals surface area contributed by atoms with E-state index in [-0.39, 0.29) is 12.1 Å². The van der Waals surface area contributed by atoms with Crippen LogP contribution in [0.25, 0.3) is 0 Å². The quantitative estimate of drug-likeness (QED) is 0.877. The Kier molecular flexibility index (Phi) is 5.60. The minimum absolute atomic E-state index is 0.0577. The van der Waals surface area contributed by atoms with Gasteiger partial charge in [0.05, 0.1) is 18.3 Å². The van der Waals surface area contributed by atoms with Crippen LogP contribution in [-0.2, 0) is 6.54 Å². The summed E-state index contributed by atoms with van der Waals surface area (Å²) in [5.41, 5.74) is 1.69. The highest BCUT2D eigenvalue weighted by Gasteiger charge is 2.30. The maximum absolute atomic E-state index is 12.5. The zero-order chi connectivity index (χ0) is 17.6. The number of hydrogen-bond acceptors (Lipinski definition) is 4. The third kappa shape index (κ3) is 4.54. The number of amides is 2. The van der Waals surface area contributed by atoms with Gasteiger partial charge in [0.1, 0.15) is 5.82 Å². The number of likely N-dealkylation sites (tertiary alicyclic amines) is 1. The molecule has 3 rings (SSSR count). The Balaban J connectivity index is 1.56. The number of carbonyl (C=O) groups is 1. The summed E-state index contributed by atoms with van der Waals surface area (Å²) in [7, 11) is 0. The van der Waals surface area contributed by atoms with Gasteiger partial charge in [0, 0.05) is 18.8 Å². The number of benzene rings is 1. The summed E-state index contributed by atoms with van der Waals surface area (Å²) in [6, 6.07) is 11.4. The molecule has 0 bridgehead atoms. The molecule has 25 heavy (non-hydrogen) atoms. The Bertz CT molecular complexity index is 708. The largest absolute Gasteiger partial charge is 0.388 e. The van der Waals surface area contributed by atoms with Crippen molar-refractivity contribution in [2.75, 3.05) is 6.54 Å². The van der Waals surface area contributed by atoms with E-state index < -0.39 is 6.10 Å². The molecule has 1 aromatic carbocycles. The van der Waals surface area contributed by atoms with E-state index in [1.165, 1.54) is 0 Å². The van der Waals surface area contributed by atoms with E-state index in [9.17, 15) is 9.90 Å². The highest BCUT2D eigenvalue weighted by atomic mass is 16.3. The van der Waals surface area contributed by atoms with Crippen molar-refractivity contribution in [1.82, 2.24) is 20.2 Å². The number of urea groups is 1. The van der Waals surface area contributed by atoms with Crippen molar-refractivity contribution in [3.63, 3.8) is 0 Å². The van der Waals surface area contributed by atoms with Gasteiger partial charge in [0.15, 0.2) is 0 Å². The van der Waals surface area contributed by atoms with Crippen molar-refractivity contribution in [2.24, 2.45) is 0 Å². The zero-order valence-corrected chi connectivity index (χ0v) is 14.4. The summed E-state index contributed by atoms with van der Waals surface area (Å²) in [4.78, 5) is 22.7. The smallest absolute Gasteiger partial charge is 0.317 e. The Hall–Kier alpha value is -2.47. The normalized spacial score (nSPS) is 18.2. The van der Waals surface area contributed by atoms with Gasteiger partial charge in [0.2, 0.25) is 0 Å². The van der Waals surface area contributed by atoms with Crippen LogP contribution < -0.4 is 5.32 Å². The SMILES string of the molecule is Cc1nccc(CNC(=O)N2CCC[C@H]2C[C@@H](O)c2ccccc2)n1. The Labute approximate surface area is 147 Å². The average Bonchev–Trinajstić information content (AvgIpc) is 3.08. The van der Waals surface area contributed by atoms with Crippen LogP contribution in [0.2, 0.25) is 0 Å². The van der Waals surface area contributed by atoms with Crippen molar-refractivity contribution < 1.29 is 9.90 Å². The Morgan fingerprint density at radius 3 is 2.92 bits per heavy atom. The van der Waals surface area contributed by atoms with Crippen LogP contribution >= 0.6 is 0 Å². The fourth-order valence-corrected chi connectivity index (χ4v) is 3.29. The van der Waals surface area contributed by atoms with Crippen molar-refractivity contribution in [1.29, 1.82) is 0 Å². The summed E-state index contributed by atoms with van der Waals surface area (Å²) in [6.07, 6.45) is 3.59. The van der Waals surface area contributed by atoms with E-state index >= 15 is 0 Å². The molecule has 1 aromatic heterocycles. The molecule has 6 heteroatoms. The number of nitrogens with one attached hydrogen (secondary N) is 1. The average molecular weight is 340 g/mol. The van der Waals surface area contributed by atoms with Crippen molar-refractivity contribution in [3.05, 3.63) is 59.7 Å². The minimum Gasteiger partial charge on any atom is -0.388 e. The molecule has 0 saturated carbocycles. The molecule has 1 saturated heterocycles. The molecule has 2 amide bonds. The summed E-state index contributed by atoms with van der Waals surface area (Å²) >= 11 is 0. The van der Waals surface area contributed by atoms with Crippen LogP contribution in [0.1, 0.15) is 42.4 Å². The summed E-state index contributed by atoms with van der Waals surface area (Å²) in [6.45, 7) is 2.93. The molecule has 1 fully saturated rings. The second-order valence-electron chi connectivity index (χ2n) is 6.41. The van der Waals surface area contributed by atoms with E-state index in [2.05, 4.69) is 15.3 Å². The first-order valence-electron chi connectivity index (χ1n) is 8.69. The number of nitrogens with zero attached hydrogens (tertiary/aromatic N) is 3. The van der Waals surface area contributed by atoms with E-state index in [0.717, 1.165) is 30.6 Å². The molecule has 0 aliphatic carbocycles. The lowest BCUT2D eigenvalue weighted by Gasteiger charge is -2.27. The number of aliphatic hydroxyl groups is 1. The van der Waals surface area contributed by atoms with Crippen LogP contribution in [0.15, 0.2) is 42.6 Å². The molecule has 2 N–H and O–H groups in total. The Morgan fingerprint density at radius 1 is 1.36 bits per heavy atom. The number of aromatic nitrogens is 2. The van der Waals surface area contributed by atoms with Gasteiger partial charge in [-0.15, -0.1) is 0 Å². The molecule has 0 unspecified atom stereocenters. The van der Waals surface area contributed by atoms with Gasteiger partial charge in [0.25, 0.3) is 0 Å². The first-order valence-corrected chi connectivity index (χ1v) is 8.69. The predicted molar refractivity (Wildman–Crippen MR) is 94.8 cm³/mol. The molecule has 2 aromatic rings. The van der Waals surface area contributed by atoms with E-state index in [1.54, 1.807) is 12.3 Å². The molecular formula is C19H24N4O2. The zero-order valence-electron chi connectivity index (χ0n) is 14.4. The number of hydrogen-bond donors (Lipinski definition) is 2. The van der Waals surface area contributed by atoms with Gasteiger partial charge in [-0.1, -0.05) is 30.3 Å². The highest BCUT2D eigenvalue weighted by molar-refractivity contribution is 5.74. The van der Waals surface area contributed by atoms with Gasteiger partial charge >= 0.3 is 6.03 Å². The third-order valence-corrected chi connectivity index (χ3v) is 4.57. The standard InChI is InChI=1S/C19H24N4O2/c1-14-20-10-9-16(22-14)13-21-19(25)23-11-5-8-17(23)12-18(24)15-6-3-2-4-7-15/h2-4,6-7,9-10,17-18,24H,5,8,11-13H2,1H3,(H,21,25)/t17-,18+/m0/s1. The molecule has 1 aliphatic rings. The molecule has 132 valence electrons. The molecule has 6 nitrogen and oxygen atoms in total. The van der Waals surface area contributed by atoms with Gasteiger partial charge in [-0.05, 0) is 37.8 Å². The first kappa shape index (κ1) is 17.4. The lowest BCUT2D eigenvalue weighted by atomic mass is 10.0. The molecule has 0 radical (unpaired) electrons. The molecule has 2 atom stereocenters. The first-order chi connectivity index (χ1) is 12.1. The lowest BCUT2D eigenvalue weighted by molar-refractivity contribution is 0.126. The molecule has 0 spiro atoms. The molecular weight excluding hydrogens is 316 g/mol. The second-order valence-corrected chi connectivity index (χ2v) is 6.41. The minimum atomic E-state index is -0.552. The summed E-state index contributed by atoms with van der Waals surface area (Å²) in [5.74, 6) is 0.691. The number of rotatable bonds is 5. The van der Waals surface area contributed by atoms with Crippen LogP contribution in [0.5, 0.6) is 0 Å². The lowest BCUT2D eigenvalue weighted by Crippen LogP contribution is -2.43. The van der Waals surface area contributed by atoms with Crippen LogP contribution in [0.4, 0.5) is 4.79 Å². The summed E-state index contributed by atoms with van der Waals surface area (Å²) in [5, 5.41) is 13.4. The molecule has 1 aliphatic heterocycles. The topological polar surface area (TPSA) is 78.4 Å². The predicted octanol–water partition coefficient (Wildman–Crippen LogP) is 2.58. The van der Waals surface area contributed by atoms with Crippen molar-refractivity contribution in [2.45, 2.75) is 44.9 Å². The van der Waals surface area contributed by atoms with Crippen LogP contribution in [0, 0.1) is 6.92 Å². The second kappa shape index (κ2) is 8.07. The third-order valence-electron chi connectivity index (χ3n) is 4.57. The van der Waals surface area contributed by atoms with Crippen LogP contribution in [-0.4, -0.2) is 38.6 Å². The fraction of sp³-hybridized carbons (Fsp3) is 0.421. The summed E-state index contributed by atoms with van der Waals surface area (Å²) < 4.78 is 0. The maximum atomic E-state index is 12.5. The van der Waals surface area contributed by atoms with Crippen molar-refractivity contribution >= 4 is 6.03 Å². The molecule has 2 heterocycles. The number of aryl methyl sites for hydroxylation is 1.